The summed E-state index contributed by atoms with van der Waals surface area (Å²) in [5, 5.41) is 0. The fourth-order valence-electron chi connectivity index (χ4n) is 0.852. The van der Waals surface area contributed by atoms with Crippen LogP contribution in [-0.2, 0) is 18.6 Å². The monoisotopic (exact) mass is 218 g/mol. The van der Waals surface area contributed by atoms with Gasteiger partial charge in [-0.2, -0.15) is 0 Å². The molecule has 0 aromatic carbocycles. The van der Waals surface area contributed by atoms with Gasteiger partial charge in [-0.05, 0) is 18.4 Å². The van der Waals surface area contributed by atoms with Crippen molar-refractivity contribution >= 4 is 37.6 Å². The molecule has 73 valence electrons. The molecule has 0 bridgehead atoms. The van der Waals surface area contributed by atoms with E-state index in [-0.39, 0.29) is 29.6 Å². The molecule has 1 radical (unpaired) electrons. The first-order valence-corrected chi connectivity index (χ1v) is 5.54. The summed E-state index contributed by atoms with van der Waals surface area (Å²) in [7, 11) is -1.71. The topological polar surface area (TPSA) is 44.8 Å². The van der Waals surface area contributed by atoms with Crippen molar-refractivity contribution in [2.45, 2.75) is 26.7 Å². The Hall–Kier alpha value is 0.980. The van der Waals surface area contributed by atoms with Gasteiger partial charge in [0, 0.05) is 49.7 Å². The molecule has 0 fully saturated rings. The molecule has 0 aromatic heterocycles. The fraction of sp³-hybridized carbons (Fsp3) is 1.00. The van der Waals surface area contributed by atoms with E-state index in [0.717, 1.165) is 0 Å². The van der Waals surface area contributed by atoms with Crippen molar-refractivity contribution < 1.29 is 18.6 Å². The van der Waals surface area contributed by atoms with Gasteiger partial charge < -0.3 is 9.47 Å². The summed E-state index contributed by atoms with van der Waals surface area (Å²) >= 11 is 0. The van der Waals surface area contributed by atoms with Gasteiger partial charge in [0.2, 0.25) is 0 Å². The normalized spacial score (nSPS) is 12.2. The first kappa shape index (κ1) is 16.4. The molecule has 1 atom stereocenters. The largest absolute Gasteiger partial charge is 0.510 e. The van der Waals surface area contributed by atoms with Gasteiger partial charge in [-0.1, -0.05) is 4.52 Å². The average Bonchev–Trinajstić information content (AvgIpc) is 1.85. The molecule has 4 nitrogen and oxygen atoms in total. The summed E-state index contributed by atoms with van der Waals surface area (Å²) in [4.78, 5) is 0. The van der Waals surface area contributed by atoms with Crippen molar-refractivity contribution in [1.29, 1.82) is 0 Å². The summed E-state index contributed by atoms with van der Waals surface area (Å²) in [6.07, 6.45) is 0. The van der Waals surface area contributed by atoms with Gasteiger partial charge in [-0.25, -0.2) is 0 Å². The molecular weight excluding hydrogens is 202 g/mol. The molecule has 0 aliphatic heterocycles. The van der Waals surface area contributed by atoms with Crippen LogP contribution in [0.3, 0.4) is 0 Å². The maximum Gasteiger partial charge on any atom is 0.510 e. The maximum absolute atomic E-state index is 10.8. The van der Waals surface area contributed by atoms with E-state index in [2.05, 4.69) is 0 Å². The van der Waals surface area contributed by atoms with Crippen LogP contribution in [0.5, 0.6) is 0 Å². The Bertz CT molecular complexity index is 147. The van der Waals surface area contributed by atoms with Crippen LogP contribution in [0.25, 0.3) is 0 Å². The van der Waals surface area contributed by atoms with Crippen LogP contribution in [0.15, 0.2) is 0 Å². The Morgan fingerprint density at radius 1 is 1.23 bits per heavy atom. The minimum absolute atomic E-state index is 0. The predicted molar refractivity (Wildman–Crippen MR) is 52.0 cm³/mol. The number of hydrogen-bond donors (Lipinski definition) is 0. The van der Waals surface area contributed by atoms with Crippen molar-refractivity contribution in [1.82, 2.24) is 0 Å². The molecule has 13 heavy (non-hydrogen) atoms. The molecule has 0 aliphatic carbocycles. The van der Waals surface area contributed by atoms with Gasteiger partial charge >= 0.3 is 14.0 Å². The average molecular weight is 218 g/mol. The van der Waals surface area contributed by atoms with E-state index >= 15 is 0 Å². The molecule has 0 spiro atoms. The molecule has 6 heteroatoms. The molecule has 1 unspecified atom stereocenters. The molecule has 0 aromatic rings. The number of hydrogen-bond acceptors (Lipinski definition) is 4. The standard InChI is InChI=1S/C7H16O4P.Na/c1-5-9-7(3,10-6-2)11-12(4)8;/h5-6H2,1-4H3;/q+1;. The van der Waals surface area contributed by atoms with E-state index in [0.29, 0.717) is 13.2 Å². The summed E-state index contributed by atoms with van der Waals surface area (Å²) in [5.74, 6) is -1.16. The van der Waals surface area contributed by atoms with E-state index in [4.69, 9.17) is 14.0 Å². The Labute approximate surface area is 102 Å². The molecule has 0 rings (SSSR count). The first-order valence-electron chi connectivity index (χ1n) is 3.92. The summed E-state index contributed by atoms with van der Waals surface area (Å²) in [6.45, 7) is 7.63. The van der Waals surface area contributed by atoms with E-state index in [1.54, 1.807) is 6.92 Å². The maximum atomic E-state index is 10.8. The second-order valence-electron chi connectivity index (χ2n) is 2.26. The van der Waals surface area contributed by atoms with Crippen LogP contribution >= 0.6 is 8.03 Å². The molecule has 0 saturated carbocycles. The second kappa shape index (κ2) is 8.30. The molecule has 0 saturated heterocycles. The van der Waals surface area contributed by atoms with Gasteiger partial charge in [-0.15, -0.1) is 0 Å². The second-order valence-corrected chi connectivity index (χ2v) is 3.32. The van der Waals surface area contributed by atoms with Gasteiger partial charge in [0.15, 0.2) is 6.66 Å². The Balaban J connectivity index is 0. The molecule has 0 amide bonds. The Morgan fingerprint density at radius 3 is 1.85 bits per heavy atom. The molecule has 0 aliphatic rings. The van der Waals surface area contributed by atoms with Crippen LogP contribution in [0.4, 0.5) is 0 Å². The van der Waals surface area contributed by atoms with Gasteiger partial charge in [-0.3, -0.25) is 0 Å². The SMILES string of the molecule is CCOC(C)(OCC)O[P+](C)=O.[Na]. The van der Waals surface area contributed by atoms with Crippen molar-refractivity contribution in [2.24, 2.45) is 0 Å². The predicted octanol–water partition coefficient (Wildman–Crippen LogP) is 1.74. The van der Waals surface area contributed by atoms with Gasteiger partial charge in [0.05, 0.1) is 0 Å². The van der Waals surface area contributed by atoms with Crippen molar-refractivity contribution in [2.75, 3.05) is 19.9 Å². The number of rotatable bonds is 6. The molecule has 0 heterocycles. The van der Waals surface area contributed by atoms with Crippen molar-refractivity contribution in [3.8, 4) is 0 Å². The quantitative estimate of drug-likeness (QED) is 0.387. The van der Waals surface area contributed by atoms with Crippen molar-refractivity contribution in [3.05, 3.63) is 0 Å². The van der Waals surface area contributed by atoms with Gasteiger partial charge in [0.25, 0.3) is 0 Å². The van der Waals surface area contributed by atoms with Gasteiger partial charge in [0.1, 0.15) is 0 Å². The van der Waals surface area contributed by atoms with Crippen molar-refractivity contribution in [3.63, 3.8) is 0 Å². The van der Waals surface area contributed by atoms with E-state index in [9.17, 15) is 4.57 Å². The minimum atomic E-state index is -1.71. The Kier molecular flexibility index (Phi) is 10.5. The zero-order chi connectivity index (χ0) is 9.61. The van der Waals surface area contributed by atoms with E-state index in [1.807, 2.05) is 13.8 Å². The van der Waals surface area contributed by atoms with Crippen LogP contribution in [0.1, 0.15) is 20.8 Å². The molecule has 0 N–H and O–H groups in total. The summed E-state index contributed by atoms with van der Waals surface area (Å²) < 4.78 is 26.1. The zero-order valence-corrected chi connectivity index (χ0v) is 11.9. The third-order valence-electron chi connectivity index (χ3n) is 1.11. The van der Waals surface area contributed by atoms with Crippen LogP contribution in [0, 0.1) is 0 Å². The fourth-order valence-corrected chi connectivity index (χ4v) is 1.42. The third-order valence-corrected chi connectivity index (χ3v) is 1.70. The number of ether oxygens (including phenoxy) is 2. The summed E-state index contributed by atoms with van der Waals surface area (Å²) in [5.41, 5.74) is 0. The smallest absolute Gasteiger partial charge is 0.325 e. The molecular formula is C7H16NaO4P+. The van der Waals surface area contributed by atoms with E-state index < -0.39 is 14.0 Å². The summed E-state index contributed by atoms with van der Waals surface area (Å²) in [6, 6.07) is 0. The van der Waals surface area contributed by atoms with E-state index in [1.165, 1.54) is 6.66 Å². The first-order chi connectivity index (χ1) is 5.54. The third kappa shape index (κ3) is 8.01. The minimum Gasteiger partial charge on any atom is -0.325 e. The Morgan fingerprint density at radius 2 is 1.62 bits per heavy atom. The van der Waals surface area contributed by atoms with Crippen LogP contribution in [-0.4, -0.2) is 55.4 Å². The van der Waals surface area contributed by atoms with Crippen LogP contribution < -0.4 is 0 Å². The van der Waals surface area contributed by atoms with Crippen LogP contribution in [0.2, 0.25) is 0 Å². The zero-order valence-electron chi connectivity index (χ0n) is 8.99.